The van der Waals surface area contributed by atoms with Crippen molar-refractivity contribution in [3.8, 4) is 11.5 Å². The molecule has 0 saturated carbocycles. The highest BCUT2D eigenvalue weighted by Gasteiger charge is 2.46. The van der Waals surface area contributed by atoms with Gasteiger partial charge in [0.1, 0.15) is 17.3 Å². The van der Waals surface area contributed by atoms with Crippen LogP contribution in [0, 0.1) is 13.8 Å². The van der Waals surface area contributed by atoms with Gasteiger partial charge in [-0.15, -0.1) is 0 Å². The summed E-state index contributed by atoms with van der Waals surface area (Å²) < 4.78 is 10.9. The number of ketones is 1. The molecule has 1 heterocycles. The molecule has 1 aliphatic heterocycles. The fourth-order valence-corrected chi connectivity index (χ4v) is 4.08. The second-order valence-corrected chi connectivity index (χ2v) is 8.49. The van der Waals surface area contributed by atoms with Gasteiger partial charge in [-0.1, -0.05) is 12.1 Å². The van der Waals surface area contributed by atoms with E-state index in [0.29, 0.717) is 36.4 Å². The fourth-order valence-electron chi connectivity index (χ4n) is 4.08. The molecule has 2 aromatic rings. The van der Waals surface area contributed by atoms with Gasteiger partial charge in [-0.3, -0.25) is 9.59 Å². The number of amides is 1. The quantitative estimate of drug-likeness (QED) is 0.268. The number of likely N-dealkylation sites (tertiary alicyclic amines) is 1. The van der Waals surface area contributed by atoms with E-state index < -0.39 is 17.7 Å². The van der Waals surface area contributed by atoms with Gasteiger partial charge in [-0.25, -0.2) is 0 Å². The van der Waals surface area contributed by atoms with Gasteiger partial charge in [0.15, 0.2) is 0 Å². The summed E-state index contributed by atoms with van der Waals surface area (Å²) in [5, 5.41) is 21.0. The lowest BCUT2D eigenvalue weighted by atomic mass is 9.93. The molecule has 7 nitrogen and oxygen atoms in total. The maximum Gasteiger partial charge on any atom is 0.295 e. The molecule has 1 amide bonds. The van der Waals surface area contributed by atoms with E-state index in [1.807, 2.05) is 27.7 Å². The standard InChI is InChI=1S/C26H31NO6/c1-15(2)33-12-6-11-27-23(18-7-9-19(28)10-8-18)22(25(30)26(27)31)24(29)20-13-17(4)21(32-5)14-16(20)3/h7-10,13-15,23,28-29H,6,11-12H2,1-5H3/b24-22+. The van der Waals surface area contributed by atoms with Crippen molar-refractivity contribution in [3.05, 3.63) is 64.2 Å². The van der Waals surface area contributed by atoms with Crippen LogP contribution >= 0.6 is 0 Å². The number of carbonyl (C=O) groups excluding carboxylic acids is 2. The van der Waals surface area contributed by atoms with Crippen molar-refractivity contribution in [2.75, 3.05) is 20.3 Å². The molecule has 1 fully saturated rings. The zero-order chi connectivity index (χ0) is 24.3. The molecule has 0 aromatic heterocycles. The number of aliphatic hydroxyl groups is 1. The Morgan fingerprint density at radius 2 is 1.76 bits per heavy atom. The molecule has 0 radical (unpaired) electrons. The predicted molar refractivity (Wildman–Crippen MR) is 125 cm³/mol. The Labute approximate surface area is 194 Å². The molecule has 2 N–H and O–H groups in total. The Morgan fingerprint density at radius 1 is 1.09 bits per heavy atom. The number of benzene rings is 2. The SMILES string of the molecule is COc1cc(C)c(/C(O)=C2\C(=O)C(=O)N(CCCOC(C)C)C2c2ccc(O)cc2)cc1C. The number of aliphatic hydroxyl groups excluding tert-OH is 1. The van der Waals surface area contributed by atoms with Gasteiger partial charge in [0.2, 0.25) is 0 Å². The minimum absolute atomic E-state index is 0.0307. The van der Waals surface area contributed by atoms with Crippen molar-refractivity contribution in [1.29, 1.82) is 0 Å². The molecule has 33 heavy (non-hydrogen) atoms. The fraction of sp³-hybridized carbons (Fsp3) is 0.385. The second-order valence-electron chi connectivity index (χ2n) is 8.49. The zero-order valence-corrected chi connectivity index (χ0v) is 19.7. The monoisotopic (exact) mass is 453 g/mol. The first-order chi connectivity index (χ1) is 15.6. The first-order valence-electron chi connectivity index (χ1n) is 11.0. The molecule has 2 aromatic carbocycles. The van der Waals surface area contributed by atoms with Crippen LogP contribution in [0.25, 0.3) is 5.76 Å². The van der Waals surface area contributed by atoms with Crippen molar-refractivity contribution < 1.29 is 29.3 Å². The number of methoxy groups -OCH3 is 1. The van der Waals surface area contributed by atoms with E-state index in [2.05, 4.69) is 0 Å². The van der Waals surface area contributed by atoms with Crippen LogP contribution in [-0.2, 0) is 14.3 Å². The van der Waals surface area contributed by atoms with Crippen LogP contribution in [0.5, 0.6) is 11.5 Å². The van der Waals surface area contributed by atoms with Crippen LogP contribution in [0.4, 0.5) is 0 Å². The lowest BCUT2D eigenvalue weighted by Gasteiger charge is -2.25. The van der Waals surface area contributed by atoms with E-state index in [1.54, 1.807) is 31.4 Å². The van der Waals surface area contributed by atoms with E-state index in [1.165, 1.54) is 17.0 Å². The number of hydrogen-bond acceptors (Lipinski definition) is 6. The minimum atomic E-state index is -0.772. The van der Waals surface area contributed by atoms with E-state index in [-0.39, 0.29) is 23.2 Å². The highest BCUT2D eigenvalue weighted by atomic mass is 16.5. The van der Waals surface area contributed by atoms with Gasteiger partial charge in [-0.2, -0.15) is 0 Å². The van der Waals surface area contributed by atoms with Crippen LogP contribution in [0.15, 0.2) is 42.0 Å². The molecule has 1 saturated heterocycles. The number of aromatic hydroxyl groups is 1. The summed E-state index contributed by atoms with van der Waals surface area (Å²) in [4.78, 5) is 27.6. The Kier molecular flexibility index (Phi) is 7.43. The van der Waals surface area contributed by atoms with Gasteiger partial charge in [0.25, 0.3) is 11.7 Å². The molecule has 1 aliphatic rings. The Morgan fingerprint density at radius 3 is 2.36 bits per heavy atom. The Balaban J connectivity index is 2.09. The van der Waals surface area contributed by atoms with Crippen molar-refractivity contribution in [2.45, 2.75) is 46.3 Å². The van der Waals surface area contributed by atoms with Gasteiger partial charge in [-0.05, 0) is 75.1 Å². The molecule has 7 heteroatoms. The van der Waals surface area contributed by atoms with Gasteiger partial charge in [0.05, 0.1) is 24.8 Å². The predicted octanol–water partition coefficient (Wildman–Crippen LogP) is 4.25. The molecule has 1 atom stereocenters. The highest BCUT2D eigenvalue weighted by Crippen LogP contribution is 2.41. The van der Waals surface area contributed by atoms with E-state index in [9.17, 15) is 19.8 Å². The molecule has 3 rings (SSSR count). The summed E-state index contributed by atoms with van der Waals surface area (Å²) in [6.45, 7) is 8.26. The number of phenols is 1. The normalized spacial score (nSPS) is 17.8. The van der Waals surface area contributed by atoms with Crippen molar-refractivity contribution in [3.63, 3.8) is 0 Å². The molecular weight excluding hydrogens is 422 g/mol. The van der Waals surface area contributed by atoms with Crippen LogP contribution in [0.2, 0.25) is 0 Å². The third kappa shape index (κ3) is 5.03. The van der Waals surface area contributed by atoms with E-state index >= 15 is 0 Å². The van der Waals surface area contributed by atoms with E-state index in [0.717, 1.165) is 11.1 Å². The van der Waals surface area contributed by atoms with Gasteiger partial charge < -0.3 is 24.6 Å². The maximum atomic E-state index is 13.1. The Bertz CT molecular complexity index is 1070. The number of Topliss-reactive ketones (excluding diaryl/α,β-unsaturated/α-hetero) is 1. The largest absolute Gasteiger partial charge is 0.508 e. The van der Waals surface area contributed by atoms with Crippen LogP contribution < -0.4 is 4.74 Å². The number of hydrogen-bond donors (Lipinski definition) is 2. The molecule has 176 valence electrons. The number of phenolic OH excluding ortho intramolecular Hbond substituents is 1. The second kappa shape index (κ2) is 10.1. The topological polar surface area (TPSA) is 96.3 Å². The summed E-state index contributed by atoms with van der Waals surface area (Å²) in [5.74, 6) is -0.881. The number of rotatable bonds is 8. The minimum Gasteiger partial charge on any atom is -0.508 e. The molecule has 0 aliphatic carbocycles. The average Bonchev–Trinajstić information content (AvgIpc) is 3.02. The first kappa shape index (κ1) is 24.3. The lowest BCUT2D eigenvalue weighted by Crippen LogP contribution is -2.31. The van der Waals surface area contributed by atoms with Crippen LogP contribution in [-0.4, -0.2) is 53.2 Å². The number of ether oxygens (including phenoxy) is 2. The van der Waals surface area contributed by atoms with E-state index in [4.69, 9.17) is 9.47 Å². The van der Waals surface area contributed by atoms with Crippen molar-refractivity contribution >= 4 is 17.4 Å². The summed E-state index contributed by atoms with van der Waals surface area (Å²) in [6.07, 6.45) is 0.607. The average molecular weight is 454 g/mol. The lowest BCUT2D eigenvalue weighted by molar-refractivity contribution is -0.140. The number of carbonyl (C=O) groups is 2. The summed E-state index contributed by atoms with van der Waals surface area (Å²) in [6, 6.07) is 9.08. The molecule has 0 spiro atoms. The maximum absolute atomic E-state index is 13.1. The molecular formula is C26H31NO6. The number of nitrogens with zero attached hydrogens (tertiary/aromatic N) is 1. The summed E-state index contributed by atoms with van der Waals surface area (Å²) in [5.41, 5.74) is 2.64. The Hall–Kier alpha value is -3.32. The van der Waals surface area contributed by atoms with Crippen molar-refractivity contribution in [2.24, 2.45) is 0 Å². The van der Waals surface area contributed by atoms with Crippen molar-refractivity contribution in [1.82, 2.24) is 4.90 Å². The third-order valence-electron chi connectivity index (χ3n) is 5.74. The number of aryl methyl sites for hydroxylation is 2. The van der Waals surface area contributed by atoms with Gasteiger partial charge >= 0.3 is 0 Å². The zero-order valence-electron chi connectivity index (χ0n) is 19.7. The van der Waals surface area contributed by atoms with Gasteiger partial charge in [0, 0.05) is 18.7 Å². The third-order valence-corrected chi connectivity index (χ3v) is 5.74. The molecule has 1 unspecified atom stereocenters. The van der Waals surface area contributed by atoms with Crippen LogP contribution in [0.3, 0.4) is 0 Å². The summed E-state index contributed by atoms with van der Waals surface area (Å²) >= 11 is 0. The van der Waals surface area contributed by atoms with Crippen LogP contribution in [0.1, 0.15) is 48.6 Å². The summed E-state index contributed by atoms with van der Waals surface area (Å²) in [7, 11) is 1.57. The molecule has 0 bridgehead atoms. The first-order valence-corrected chi connectivity index (χ1v) is 11.0. The smallest absolute Gasteiger partial charge is 0.295 e. The highest BCUT2D eigenvalue weighted by molar-refractivity contribution is 6.46.